The third-order valence-electron chi connectivity index (χ3n) is 3.97. The zero-order chi connectivity index (χ0) is 13.4. The molecule has 4 heteroatoms. The van der Waals surface area contributed by atoms with Gasteiger partial charge in [-0.3, -0.25) is 9.78 Å². The van der Waals surface area contributed by atoms with Crippen LogP contribution in [0.3, 0.4) is 0 Å². The van der Waals surface area contributed by atoms with Gasteiger partial charge in [0.2, 0.25) is 5.91 Å². The number of carbonyl (C=O) groups is 1. The Hall–Kier alpha value is -1.45. The van der Waals surface area contributed by atoms with Crippen molar-refractivity contribution in [1.82, 2.24) is 9.97 Å². The van der Waals surface area contributed by atoms with E-state index < -0.39 is 0 Å². The monoisotopic (exact) mass is 259 g/mol. The molecule has 1 amide bonds. The van der Waals surface area contributed by atoms with Crippen LogP contribution in [0, 0.1) is 17.8 Å². The van der Waals surface area contributed by atoms with Crippen LogP contribution in [0.1, 0.15) is 51.1 Å². The summed E-state index contributed by atoms with van der Waals surface area (Å²) in [5, 5.41) is 2.98. The maximum atomic E-state index is 12.2. The van der Waals surface area contributed by atoms with E-state index in [1.165, 1.54) is 12.8 Å². The zero-order valence-corrected chi connectivity index (χ0v) is 11.6. The van der Waals surface area contributed by atoms with E-state index in [1.54, 1.807) is 12.4 Å². The van der Waals surface area contributed by atoms with Crippen molar-refractivity contribution >= 4 is 11.7 Å². The molecular formula is C15H21N3O. The van der Waals surface area contributed by atoms with Gasteiger partial charge in [0.15, 0.2) is 5.82 Å². The summed E-state index contributed by atoms with van der Waals surface area (Å²) in [7, 11) is 0. The molecule has 3 rings (SSSR count). The molecule has 2 aliphatic rings. The smallest absolute Gasteiger partial charge is 0.228 e. The Morgan fingerprint density at radius 1 is 1.37 bits per heavy atom. The van der Waals surface area contributed by atoms with E-state index in [4.69, 9.17) is 0 Å². The minimum absolute atomic E-state index is 0.132. The second kappa shape index (κ2) is 4.91. The van der Waals surface area contributed by atoms with Crippen LogP contribution in [0.15, 0.2) is 12.4 Å². The van der Waals surface area contributed by atoms with E-state index in [1.807, 2.05) is 0 Å². The minimum atomic E-state index is 0.132. The van der Waals surface area contributed by atoms with E-state index in [-0.39, 0.29) is 11.8 Å². The molecule has 1 N–H and O–H groups in total. The van der Waals surface area contributed by atoms with Crippen molar-refractivity contribution < 1.29 is 4.79 Å². The van der Waals surface area contributed by atoms with E-state index in [2.05, 4.69) is 29.1 Å². The number of hydrogen-bond acceptors (Lipinski definition) is 3. The summed E-state index contributed by atoms with van der Waals surface area (Å²) in [6.07, 6.45) is 7.88. The highest BCUT2D eigenvalue weighted by Crippen LogP contribution is 2.45. The number of nitrogens with one attached hydrogen (secondary N) is 1. The number of hydrogen-bond donors (Lipinski definition) is 1. The normalized spacial score (nSPS) is 25.4. The maximum absolute atomic E-state index is 12.2. The quantitative estimate of drug-likeness (QED) is 0.884. The Morgan fingerprint density at radius 2 is 2.11 bits per heavy atom. The van der Waals surface area contributed by atoms with Gasteiger partial charge >= 0.3 is 0 Å². The van der Waals surface area contributed by atoms with Crippen molar-refractivity contribution in [1.29, 1.82) is 0 Å². The lowest BCUT2D eigenvalue weighted by Crippen LogP contribution is -2.17. The largest absolute Gasteiger partial charge is 0.309 e. The molecule has 0 bridgehead atoms. The minimum Gasteiger partial charge on any atom is -0.309 e. The van der Waals surface area contributed by atoms with Gasteiger partial charge < -0.3 is 5.32 Å². The van der Waals surface area contributed by atoms with Crippen LogP contribution in [0.5, 0.6) is 0 Å². The number of carbonyl (C=O) groups excluding carboxylic acids is 1. The first-order valence-electron chi connectivity index (χ1n) is 7.27. The zero-order valence-electron chi connectivity index (χ0n) is 11.6. The highest BCUT2D eigenvalue weighted by atomic mass is 16.2. The van der Waals surface area contributed by atoms with Crippen molar-refractivity contribution in [2.24, 2.45) is 17.8 Å². The Kier molecular flexibility index (Phi) is 3.25. The number of rotatable bonds is 5. The standard InChI is InChI=1S/C15H21N3O/c1-9(2)7-11-8-12(11)15(19)18-14-13(10-3-4-10)16-5-6-17-14/h5-6,9-12H,3-4,7-8H2,1-2H3,(H,17,18,19)/t11-,12-/m1/s1. The number of anilines is 1. The molecule has 1 heterocycles. The Balaban J connectivity index is 1.61. The van der Waals surface area contributed by atoms with Gasteiger partial charge in [0.1, 0.15) is 0 Å². The number of aromatic nitrogens is 2. The Labute approximate surface area is 114 Å². The fraction of sp³-hybridized carbons (Fsp3) is 0.667. The molecule has 0 aliphatic heterocycles. The van der Waals surface area contributed by atoms with Crippen molar-refractivity contribution in [3.8, 4) is 0 Å². The Morgan fingerprint density at radius 3 is 2.79 bits per heavy atom. The predicted molar refractivity (Wildman–Crippen MR) is 73.7 cm³/mol. The third-order valence-corrected chi connectivity index (χ3v) is 3.97. The van der Waals surface area contributed by atoms with Crippen LogP contribution in [0.4, 0.5) is 5.82 Å². The second-order valence-corrected chi connectivity index (χ2v) is 6.29. The first-order chi connectivity index (χ1) is 9.15. The van der Waals surface area contributed by atoms with Crippen LogP contribution in [-0.4, -0.2) is 15.9 Å². The van der Waals surface area contributed by atoms with E-state index in [0.29, 0.717) is 23.6 Å². The van der Waals surface area contributed by atoms with Crippen LogP contribution < -0.4 is 5.32 Å². The van der Waals surface area contributed by atoms with Crippen molar-refractivity contribution in [2.45, 2.75) is 45.4 Å². The molecule has 2 atom stereocenters. The van der Waals surface area contributed by atoms with Gasteiger partial charge in [0, 0.05) is 24.2 Å². The van der Waals surface area contributed by atoms with Gasteiger partial charge in [-0.05, 0) is 37.5 Å². The topological polar surface area (TPSA) is 54.9 Å². The van der Waals surface area contributed by atoms with Gasteiger partial charge in [-0.25, -0.2) is 4.98 Å². The van der Waals surface area contributed by atoms with Crippen molar-refractivity contribution in [2.75, 3.05) is 5.32 Å². The molecule has 4 nitrogen and oxygen atoms in total. The molecule has 102 valence electrons. The maximum Gasteiger partial charge on any atom is 0.228 e. The van der Waals surface area contributed by atoms with Crippen LogP contribution in [-0.2, 0) is 4.79 Å². The van der Waals surface area contributed by atoms with E-state index in [9.17, 15) is 4.79 Å². The van der Waals surface area contributed by atoms with Crippen molar-refractivity contribution in [3.63, 3.8) is 0 Å². The highest BCUT2D eigenvalue weighted by molar-refractivity contribution is 5.94. The van der Waals surface area contributed by atoms with Gasteiger partial charge in [0.25, 0.3) is 0 Å². The summed E-state index contributed by atoms with van der Waals surface area (Å²) in [5.74, 6) is 2.76. The number of amides is 1. The van der Waals surface area contributed by atoms with Gasteiger partial charge in [-0.2, -0.15) is 0 Å². The molecule has 0 saturated heterocycles. The molecule has 2 aliphatic carbocycles. The Bertz CT molecular complexity index is 482. The molecular weight excluding hydrogens is 238 g/mol. The lowest BCUT2D eigenvalue weighted by atomic mass is 10.1. The van der Waals surface area contributed by atoms with Gasteiger partial charge in [-0.15, -0.1) is 0 Å². The first-order valence-corrected chi connectivity index (χ1v) is 7.27. The van der Waals surface area contributed by atoms with Crippen LogP contribution in [0.2, 0.25) is 0 Å². The molecule has 2 fully saturated rings. The molecule has 0 aromatic carbocycles. The fourth-order valence-electron chi connectivity index (χ4n) is 2.74. The summed E-state index contributed by atoms with van der Waals surface area (Å²) >= 11 is 0. The van der Waals surface area contributed by atoms with Crippen LogP contribution >= 0.6 is 0 Å². The SMILES string of the molecule is CC(C)C[C@@H]1C[C@H]1C(=O)Nc1nccnc1C1CC1. The molecule has 2 saturated carbocycles. The van der Waals surface area contributed by atoms with Gasteiger partial charge in [0.05, 0.1) is 5.69 Å². The summed E-state index contributed by atoms with van der Waals surface area (Å²) in [5.41, 5.74) is 0.969. The first kappa shape index (κ1) is 12.6. The highest BCUT2D eigenvalue weighted by Gasteiger charge is 2.43. The molecule has 0 unspecified atom stereocenters. The average molecular weight is 259 g/mol. The average Bonchev–Trinajstić information content (AvgIpc) is 3.23. The molecule has 0 spiro atoms. The lowest BCUT2D eigenvalue weighted by molar-refractivity contribution is -0.117. The van der Waals surface area contributed by atoms with E-state index >= 15 is 0 Å². The van der Waals surface area contributed by atoms with Crippen molar-refractivity contribution in [3.05, 3.63) is 18.1 Å². The molecule has 1 aromatic rings. The summed E-state index contributed by atoms with van der Waals surface area (Å²) in [6.45, 7) is 4.42. The van der Waals surface area contributed by atoms with Crippen LogP contribution in [0.25, 0.3) is 0 Å². The second-order valence-electron chi connectivity index (χ2n) is 6.29. The predicted octanol–water partition coefficient (Wildman–Crippen LogP) is 2.97. The molecule has 1 aromatic heterocycles. The third kappa shape index (κ3) is 2.94. The van der Waals surface area contributed by atoms with Gasteiger partial charge in [-0.1, -0.05) is 13.8 Å². The summed E-state index contributed by atoms with van der Waals surface area (Å²) < 4.78 is 0. The summed E-state index contributed by atoms with van der Waals surface area (Å²) in [4.78, 5) is 20.8. The summed E-state index contributed by atoms with van der Waals surface area (Å²) in [6, 6.07) is 0. The van der Waals surface area contributed by atoms with E-state index in [0.717, 1.165) is 18.5 Å². The fourth-order valence-corrected chi connectivity index (χ4v) is 2.74. The number of nitrogens with zero attached hydrogens (tertiary/aromatic N) is 2. The molecule has 0 radical (unpaired) electrons. The lowest BCUT2D eigenvalue weighted by Gasteiger charge is -2.08. The molecule has 19 heavy (non-hydrogen) atoms.